The molecule has 1 N–H and O–H groups in total. The Balaban J connectivity index is 1.73. The molecule has 4 aromatic rings. The molecule has 0 saturated carbocycles. The molecular formula is C21H16Cl2N4. The third kappa shape index (κ3) is 3.00. The molecule has 27 heavy (non-hydrogen) atoms. The summed E-state index contributed by atoms with van der Waals surface area (Å²) < 4.78 is 44.9. The van der Waals surface area contributed by atoms with Crippen LogP contribution in [0.4, 0.5) is 0 Å². The molecule has 0 radical (unpaired) electrons. The Morgan fingerprint density at radius 2 is 1.96 bits per heavy atom. The van der Waals surface area contributed by atoms with Gasteiger partial charge in [-0.2, -0.15) is 5.10 Å². The number of halogens is 2. The fourth-order valence-electron chi connectivity index (χ4n) is 3.14. The average molecular weight is 400 g/mol. The van der Waals surface area contributed by atoms with E-state index in [1.54, 1.807) is 35.0 Å². The lowest BCUT2D eigenvalue weighted by atomic mass is 9.84. The number of benzene rings is 2. The molecule has 2 aromatic heterocycles. The third-order valence-corrected chi connectivity index (χ3v) is 5.23. The van der Waals surface area contributed by atoms with Crippen LogP contribution in [0.2, 0.25) is 10.0 Å². The highest BCUT2D eigenvalue weighted by molar-refractivity contribution is 6.42. The largest absolute Gasteiger partial charge is 0.312 e. The van der Waals surface area contributed by atoms with E-state index in [-0.39, 0.29) is 26.7 Å². The number of hydrogen-bond donors (Lipinski definition) is 1. The maximum atomic E-state index is 9.22. The number of nitrogens with zero attached hydrogens (tertiary/aromatic N) is 3. The van der Waals surface area contributed by atoms with Crippen LogP contribution < -0.4 is 5.32 Å². The third-order valence-electron chi connectivity index (χ3n) is 4.49. The zero-order valence-corrected chi connectivity index (χ0v) is 15.4. The Morgan fingerprint density at radius 3 is 2.85 bits per heavy atom. The van der Waals surface area contributed by atoms with Gasteiger partial charge >= 0.3 is 0 Å². The van der Waals surface area contributed by atoms with E-state index in [1.807, 2.05) is 6.07 Å². The number of hydrogen-bond acceptors (Lipinski definition) is 3. The van der Waals surface area contributed by atoms with E-state index >= 15 is 0 Å². The van der Waals surface area contributed by atoms with Crippen molar-refractivity contribution in [2.75, 3.05) is 6.50 Å². The first-order chi connectivity index (χ1) is 15.0. The highest BCUT2D eigenvalue weighted by atomic mass is 35.5. The molecule has 1 aliphatic rings. The summed E-state index contributed by atoms with van der Waals surface area (Å²) in [5, 5.41) is 7.01. The summed E-state index contributed by atoms with van der Waals surface area (Å²) in [5.41, 5.74) is 2.80. The molecule has 0 saturated heterocycles. The van der Waals surface area contributed by atoms with Gasteiger partial charge < -0.3 is 5.32 Å². The van der Waals surface area contributed by atoms with Crippen LogP contribution in [0.5, 0.6) is 0 Å². The number of fused-ring (bicyclic) bond motifs is 2. The van der Waals surface area contributed by atoms with Gasteiger partial charge in [0.1, 0.15) is 6.33 Å². The van der Waals surface area contributed by atoms with Crippen molar-refractivity contribution in [3.05, 3.63) is 87.8 Å². The summed E-state index contributed by atoms with van der Waals surface area (Å²) in [6.07, 6.45) is 3.23. The molecule has 1 aliphatic heterocycles. The first kappa shape index (κ1) is 12.1. The molecule has 6 heteroatoms. The second-order valence-corrected chi connectivity index (χ2v) is 6.93. The minimum atomic E-state index is -2.44. The van der Waals surface area contributed by atoms with Gasteiger partial charge in [-0.1, -0.05) is 41.4 Å². The normalized spacial score (nSPS) is 25.6. The van der Waals surface area contributed by atoms with Crippen LogP contribution in [0.1, 0.15) is 29.4 Å². The Bertz CT molecular complexity index is 1370. The van der Waals surface area contributed by atoms with Crippen LogP contribution >= 0.6 is 23.2 Å². The van der Waals surface area contributed by atoms with Gasteiger partial charge in [-0.15, -0.1) is 0 Å². The topological polar surface area (TPSA) is 42.2 Å². The summed E-state index contributed by atoms with van der Waals surface area (Å²) in [5.74, 6) is -1.98. The van der Waals surface area contributed by atoms with Crippen molar-refractivity contribution in [2.45, 2.75) is 12.4 Å². The lowest BCUT2D eigenvalue weighted by Crippen LogP contribution is -2.28. The van der Waals surface area contributed by atoms with Gasteiger partial charge in [0.05, 0.1) is 10.0 Å². The minimum absolute atomic E-state index is 0.171. The molecule has 0 spiro atoms. The Hall–Kier alpha value is -2.40. The van der Waals surface area contributed by atoms with Crippen molar-refractivity contribution in [2.24, 2.45) is 0 Å². The zero-order chi connectivity index (χ0) is 22.9. The smallest absolute Gasteiger partial charge is 0.155 e. The second-order valence-electron chi connectivity index (χ2n) is 6.12. The van der Waals surface area contributed by atoms with E-state index in [0.717, 1.165) is 5.56 Å². The predicted molar refractivity (Wildman–Crippen MR) is 108 cm³/mol. The number of aromatic nitrogens is 3. The number of rotatable bonds is 2. The lowest BCUT2D eigenvalue weighted by Gasteiger charge is -2.27. The summed E-state index contributed by atoms with van der Waals surface area (Å²) >= 11 is 12.2. The molecule has 5 rings (SSSR count). The molecule has 2 aromatic carbocycles. The Kier molecular flexibility index (Phi) is 2.99. The standard InChI is InChI=1S/C21H16Cl2N4/c22-19-5-2-14(8-20(19)23)18-10-24-9-16-7-13(1-4-17(16)18)15-3-6-21-25-12-26-27(21)11-15/h1-8,11-12,18,24H,9-10H2/i9D2,10D2,18D. The van der Waals surface area contributed by atoms with E-state index in [9.17, 15) is 1.37 Å². The fraction of sp³-hybridized carbons (Fsp3) is 0.143. The van der Waals surface area contributed by atoms with Crippen molar-refractivity contribution >= 4 is 28.8 Å². The summed E-state index contributed by atoms with van der Waals surface area (Å²) in [6.45, 7) is -4.66. The van der Waals surface area contributed by atoms with Gasteiger partial charge in [-0.25, -0.2) is 9.50 Å². The van der Waals surface area contributed by atoms with E-state index < -0.39 is 18.9 Å². The van der Waals surface area contributed by atoms with Crippen LogP contribution in [0, 0.1) is 0 Å². The van der Waals surface area contributed by atoms with Gasteiger partial charge in [0, 0.05) is 37.5 Å². The quantitative estimate of drug-likeness (QED) is 0.518. The summed E-state index contributed by atoms with van der Waals surface area (Å²) in [7, 11) is 0. The van der Waals surface area contributed by atoms with Gasteiger partial charge in [0.2, 0.25) is 0 Å². The molecule has 0 aliphatic carbocycles. The van der Waals surface area contributed by atoms with Crippen molar-refractivity contribution in [1.82, 2.24) is 19.9 Å². The van der Waals surface area contributed by atoms with Gasteiger partial charge in [-0.3, -0.25) is 0 Å². The first-order valence-electron chi connectivity index (χ1n) is 10.7. The molecule has 0 fully saturated rings. The molecule has 1 unspecified atom stereocenters. The van der Waals surface area contributed by atoms with Crippen molar-refractivity contribution in [1.29, 1.82) is 0 Å². The van der Waals surface area contributed by atoms with E-state index in [4.69, 9.17) is 28.7 Å². The summed E-state index contributed by atoms with van der Waals surface area (Å²) in [6, 6.07) is 13.1. The van der Waals surface area contributed by atoms with Crippen molar-refractivity contribution < 1.29 is 6.85 Å². The van der Waals surface area contributed by atoms with E-state index in [2.05, 4.69) is 15.4 Å². The average Bonchev–Trinajstić information content (AvgIpc) is 3.21. The maximum Gasteiger partial charge on any atom is 0.155 e. The highest BCUT2D eigenvalue weighted by Gasteiger charge is 2.22. The SMILES string of the molecule is [2H]C1([2H])NC([2H])([2H])C([2H])(c2ccc(Cl)c(Cl)c2)c2ccc(-c3ccc4ncnn4c3)cc21. The van der Waals surface area contributed by atoms with E-state index in [1.165, 1.54) is 24.5 Å². The zero-order valence-electron chi connectivity index (χ0n) is 18.9. The first-order valence-corrected chi connectivity index (χ1v) is 8.98. The van der Waals surface area contributed by atoms with Crippen LogP contribution in [0.25, 0.3) is 16.8 Å². The minimum Gasteiger partial charge on any atom is -0.312 e. The van der Waals surface area contributed by atoms with Crippen LogP contribution in [0.15, 0.2) is 61.1 Å². The Labute approximate surface area is 173 Å². The molecule has 1 atom stereocenters. The molecule has 3 heterocycles. The van der Waals surface area contributed by atoms with Crippen molar-refractivity contribution in [3.8, 4) is 11.1 Å². The number of pyridine rings is 1. The predicted octanol–water partition coefficient (Wildman–Crippen LogP) is 4.94. The Morgan fingerprint density at radius 1 is 1.07 bits per heavy atom. The fourth-order valence-corrected chi connectivity index (χ4v) is 3.44. The second kappa shape index (κ2) is 6.64. The van der Waals surface area contributed by atoms with Gasteiger partial charge in [-0.05, 0) is 52.6 Å². The van der Waals surface area contributed by atoms with Crippen LogP contribution in [-0.2, 0) is 6.50 Å². The van der Waals surface area contributed by atoms with E-state index in [0.29, 0.717) is 11.2 Å². The molecule has 4 nitrogen and oxygen atoms in total. The maximum absolute atomic E-state index is 9.22. The highest BCUT2D eigenvalue weighted by Crippen LogP contribution is 2.35. The van der Waals surface area contributed by atoms with Crippen molar-refractivity contribution in [3.63, 3.8) is 0 Å². The van der Waals surface area contributed by atoms with Crippen LogP contribution in [-0.4, -0.2) is 21.1 Å². The summed E-state index contributed by atoms with van der Waals surface area (Å²) in [4.78, 5) is 4.12. The monoisotopic (exact) mass is 399 g/mol. The molecule has 0 amide bonds. The molecular weight excluding hydrogens is 379 g/mol. The number of nitrogens with one attached hydrogen (secondary N) is 1. The van der Waals surface area contributed by atoms with Crippen LogP contribution in [0.3, 0.4) is 0 Å². The molecule has 134 valence electrons. The lowest BCUT2D eigenvalue weighted by molar-refractivity contribution is 0.591. The molecule has 0 bridgehead atoms. The van der Waals surface area contributed by atoms with Gasteiger partial charge in [0.25, 0.3) is 0 Å². The van der Waals surface area contributed by atoms with Gasteiger partial charge in [0.15, 0.2) is 5.65 Å².